The SMILES string of the molecule is COC(=O)c1cc(N)cn1CCC(C)C. The van der Waals surface area contributed by atoms with Crippen molar-refractivity contribution in [2.75, 3.05) is 12.8 Å². The Kier molecular flexibility index (Phi) is 3.77. The summed E-state index contributed by atoms with van der Waals surface area (Å²) < 4.78 is 6.53. The van der Waals surface area contributed by atoms with Crippen LogP contribution in [0.2, 0.25) is 0 Å². The summed E-state index contributed by atoms with van der Waals surface area (Å²) in [7, 11) is 1.37. The minimum atomic E-state index is -0.338. The first-order valence-corrected chi connectivity index (χ1v) is 5.08. The molecule has 0 radical (unpaired) electrons. The normalized spacial score (nSPS) is 10.7. The number of esters is 1. The third-order valence-corrected chi connectivity index (χ3v) is 2.26. The highest BCUT2D eigenvalue weighted by Crippen LogP contribution is 2.14. The lowest BCUT2D eigenvalue weighted by molar-refractivity contribution is 0.0588. The van der Waals surface area contributed by atoms with E-state index in [9.17, 15) is 4.79 Å². The van der Waals surface area contributed by atoms with Gasteiger partial charge < -0.3 is 15.0 Å². The molecule has 4 heteroatoms. The van der Waals surface area contributed by atoms with Crippen LogP contribution in [0.5, 0.6) is 0 Å². The number of hydrogen-bond donors (Lipinski definition) is 1. The lowest BCUT2D eigenvalue weighted by Crippen LogP contribution is -2.11. The van der Waals surface area contributed by atoms with Crippen molar-refractivity contribution in [3.8, 4) is 0 Å². The lowest BCUT2D eigenvalue weighted by Gasteiger charge is -2.08. The van der Waals surface area contributed by atoms with Crippen LogP contribution in [0.1, 0.15) is 30.8 Å². The molecule has 0 saturated carbocycles. The van der Waals surface area contributed by atoms with Crippen molar-refractivity contribution in [1.82, 2.24) is 4.57 Å². The van der Waals surface area contributed by atoms with E-state index in [2.05, 4.69) is 18.6 Å². The van der Waals surface area contributed by atoms with Crippen molar-refractivity contribution in [2.45, 2.75) is 26.8 Å². The highest BCUT2D eigenvalue weighted by molar-refractivity contribution is 5.88. The van der Waals surface area contributed by atoms with E-state index in [4.69, 9.17) is 5.73 Å². The predicted molar refractivity (Wildman–Crippen MR) is 59.6 cm³/mol. The number of nitrogen functional groups attached to an aromatic ring is 1. The highest BCUT2D eigenvalue weighted by atomic mass is 16.5. The molecule has 0 aromatic carbocycles. The van der Waals surface area contributed by atoms with Gasteiger partial charge in [-0.15, -0.1) is 0 Å². The third kappa shape index (κ3) is 3.01. The van der Waals surface area contributed by atoms with Crippen LogP contribution in [0.4, 0.5) is 5.69 Å². The number of carbonyl (C=O) groups is 1. The fourth-order valence-corrected chi connectivity index (χ4v) is 1.39. The Hall–Kier alpha value is -1.45. The molecule has 0 unspecified atom stereocenters. The number of nitrogens with zero attached hydrogens (tertiary/aromatic N) is 1. The van der Waals surface area contributed by atoms with Gasteiger partial charge in [-0.2, -0.15) is 0 Å². The van der Waals surface area contributed by atoms with E-state index in [1.807, 2.05) is 4.57 Å². The molecule has 1 heterocycles. The Balaban J connectivity index is 2.81. The first kappa shape index (κ1) is 11.6. The van der Waals surface area contributed by atoms with E-state index in [0.717, 1.165) is 13.0 Å². The predicted octanol–water partition coefficient (Wildman–Crippen LogP) is 1.90. The van der Waals surface area contributed by atoms with E-state index in [-0.39, 0.29) is 5.97 Å². The molecular weight excluding hydrogens is 192 g/mol. The molecular formula is C11H18N2O2. The highest BCUT2D eigenvalue weighted by Gasteiger charge is 2.12. The van der Waals surface area contributed by atoms with Crippen LogP contribution in [0.15, 0.2) is 12.3 Å². The summed E-state index contributed by atoms with van der Waals surface area (Å²) in [6.07, 6.45) is 2.78. The molecule has 0 amide bonds. The number of nitrogens with two attached hydrogens (primary N) is 1. The second kappa shape index (κ2) is 4.87. The molecule has 15 heavy (non-hydrogen) atoms. The van der Waals surface area contributed by atoms with E-state index < -0.39 is 0 Å². The van der Waals surface area contributed by atoms with Gasteiger partial charge in [0, 0.05) is 12.7 Å². The van der Waals surface area contributed by atoms with E-state index in [1.165, 1.54) is 7.11 Å². The quantitative estimate of drug-likeness (QED) is 0.772. The Morgan fingerprint density at radius 2 is 2.27 bits per heavy atom. The van der Waals surface area contributed by atoms with Crippen LogP contribution in [-0.2, 0) is 11.3 Å². The molecule has 84 valence electrons. The first-order valence-electron chi connectivity index (χ1n) is 5.08. The maximum absolute atomic E-state index is 11.4. The van der Waals surface area contributed by atoms with E-state index in [0.29, 0.717) is 17.3 Å². The largest absolute Gasteiger partial charge is 0.464 e. The number of aromatic nitrogens is 1. The monoisotopic (exact) mass is 210 g/mol. The van der Waals surface area contributed by atoms with Gasteiger partial charge >= 0.3 is 5.97 Å². The van der Waals surface area contributed by atoms with Crippen molar-refractivity contribution in [3.63, 3.8) is 0 Å². The average molecular weight is 210 g/mol. The second-order valence-electron chi connectivity index (χ2n) is 4.03. The van der Waals surface area contributed by atoms with Gasteiger partial charge in [0.2, 0.25) is 0 Å². The number of carbonyl (C=O) groups excluding carboxylic acids is 1. The molecule has 2 N–H and O–H groups in total. The van der Waals surface area contributed by atoms with Crippen molar-refractivity contribution in [2.24, 2.45) is 5.92 Å². The molecule has 1 rings (SSSR count). The summed E-state index contributed by atoms with van der Waals surface area (Å²) in [5.74, 6) is 0.259. The summed E-state index contributed by atoms with van der Waals surface area (Å²) in [6, 6.07) is 1.64. The molecule has 1 aromatic rings. The molecule has 1 aromatic heterocycles. The fourth-order valence-electron chi connectivity index (χ4n) is 1.39. The van der Waals surface area contributed by atoms with Crippen molar-refractivity contribution < 1.29 is 9.53 Å². The summed E-state index contributed by atoms with van der Waals surface area (Å²) in [5, 5.41) is 0. The number of aryl methyl sites for hydroxylation is 1. The average Bonchev–Trinajstić information content (AvgIpc) is 2.55. The zero-order valence-electron chi connectivity index (χ0n) is 9.49. The smallest absolute Gasteiger partial charge is 0.354 e. The third-order valence-electron chi connectivity index (χ3n) is 2.26. The number of ether oxygens (including phenoxy) is 1. The molecule has 4 nitrogen and oxygen atoms in total. The van der Waals surface area contributed by atoms with Crippen LogP contribution in [0.3, 0.4) is 0 Å². The van der Waals surface area contributed by atoms with Gasteiger partial charge in [0.15, 0.2) is 0 Å². The van der Waals surface area contributed by atoms with Crippen LogP contribution >= 0.6 is 0 Å². The van der Waals surface area contributed by atoms with Crippen LogP contribution in [-0.4, -0.2) is 17.6 Å². The molecule has 0 spiro atoms. The Bertz CT molecular complexity index is 342. The number of methoxy groups -OCH3 is 1. The molecule has 0 aliphatic carbocycles. The van der Waals surface area contributed by atoms with Gasteiger partial charge in [0.05, 0.1) is 12.8 Å². The van der Waals surface area contributed by atoms with Gasteiger partial charge in [-0.25, -0.2) is 4.79 Å². The van der Waals surface area contributed by atoms with Crippen molar-refractivity contribution in [1.29, 1.82) is 0 Å². The first-order chi connectivity index (χ1) is 7.04. The Morgan fingerprint density at radius 1 is 1.60 bits per heavy atom. The minimum absolute atomic E-state index is 0.338. The molecule has 0 aliphatic rings. The summed E-state index contributed by atoms with van der Waals surface area (Å²) in [5.41, 5.74) is 6.77. The van der Waals surface area contributed by atoms with Crippen LogP contribution in [0.25, 0.3) is 0 Å². The van der Waals surface area contributed by atoms with Crippen LogP contribution in [0, 0.1) is 5.92 Å². The fraction of sp³-hybridized carbons (Fsp3) is 0.545. The summed E-state index contributed by atoms with van der Waals surface area (Å²) >= 11 is 0. The molecule has 0 saturated heterocycles. The Morgan fingerprint density at radius 3 is 2.80 bits per heavy atom. The second-order valence-corrected chi connectivity index (χ2v) is 4.03. The van der Waals surface area contributed by atoms with Gasteiger partial charge in [-0.3, -0.25) is 0 Å². The lowest BCUT2D eigenvalue weighted by atomic mass is 10.1. The number of rotatable bonds is 4. The topological polar surface area (TPSA) is 57.2 Å². The maximum Gasteiger partial charge on any atom is 0.354 e. The van der Waals surface area contributed by atoms with Crippen molar-refractivity contribution in [3.05, 3.63) is 18.0 Å². The van der Waals surface area contributed by atoms with Gasteiger partial charge in [0.1, 0.15) is 5.69 Å². The molecule has 0 bridgehead atoms. The van der Waals surface area contributed by atoms with Gasteiger partial charge in [0.25, 0.3) is 0 Å². The van der Waals surface area contributed by atoms with Crippen molar-refractivity contribution >= 4 is 11.7 Å². The summed E-state index contributed by atoms with van der Waals surface area (Å²) in [6.45, 7) is 5.08. The van der Waals surface area contributed by atoms with Gasteiger partial charge in [-0.1, -0.05) is 13.8 Å². The van der Waals surface area contributed by atoms with E-state index in [1.54, 1.807) is 12.3 Å². The van der Waals surface area contributed by atoms with Crippen LogP contribution < -0.4 is 5.73 Å². The summed E-state index contributed by atoms with van der Waals surface area (Å²) in [4.78, 5) is 11.4. The zero-order valence-corrected chi connectivity index (χ0v) is 9.49. The maximum atomic E-state index is 11.4. The molecule has 0 aliphatic heterocycles. The Labute approximate surface area is 90.0 Å². The van der Waals surface area contributed by atoms with E-state index >= 15 is 0 Å². The zero-order chi connectivity index (χ0) is 11.4. The minimum Gasteiger partial charge on any atom is -0.464 e. The number of hydrogen-bond acceptors (Lipinski definition) is 3. The standard InChI is InChI=1S/C11H18N2O2/c1-8(2)4-5-13-7-9(12)6-10(13)11(14)15-3/h6-8H,4-5,12H2,1-3H3. The molecule has 0 fully saturated rings. The van der Waals surface area contributed by atoms with Gasteiger partial charge in [-0.05, 0) is 18.4 Å². The molecule has 0 atom stereocenters. The number of anilines is 1.